The number of sulfonamides is 1. The van der Waals surface area contributed by atoms with Crippen LogP contribution in [0.5, 0.6) is 5.75 Å². The minimum absolute atomic E-state index is 0.0296. The number of nitrogens with zero attached hydrogens (tertiary/aromatic N) is 1. The third kappa shape index (κ3) is 4.53. The maximum absolute atomic E-state index is 13.7. The van der Waals surface area contributed by atoms with Crippen LogP contribution in [0.15, 0.2) is 51.8 Å². The molecule has 1 amide bonds. The molecule has 0 spiro atoms. The van der Waals surface area contributed by atoms with Crippen LogP contribution in [0.3, 0.4) is 0 Å². The number of piperidine rings is 1. The number of rotatable bonds is 5. The first-order chi connectivity index (χ1) is 13.3. The van der Waals surface area contributed by atoms with Crippen molar-refractivity contribution in [3.05, 3.63) is 52.8 Å². The molecule has 0 bridgehead atoms. The number of carbonyl (C=O) groups is 1. The topological polar surface area (TPSA) is 75.7 Å². The summed E-state index contributed by atoms with van der Waals surface area (Å²) in [6.07, 6.45) is 1.11. The van der Waals surface area contributed by atoms with Gasteiger partial charge in [0.05, 0.1) is 13.0 Å². The number of nitrogens with one attached hydrogen (secondary N) is 1. The van der Waals surface area contributed by atoms with E-state index in [2.05, 4.69) is 21.2 Å². The number of methoxy groups -OCH3 is 1. The molecule has 0 saturated carbocycles. The van der Waals surface area contributed by atoms with Crippen LogP contribution in [-0.4, -0.2) is 38.8 Å². The van der Waals surface area contributed by atoms with Crippen molar-refractivity contribution in [1.29, 1.82) is 0 Å². The molecule has 2 aromatic carbocycles. The molecule has 2 aromatic rings. The van der Waals surface area contributed by atoms with E-state index in [-0.39, 0.29) is 29.6 Å². The highest BCUT2D eigenvalue weighted by atomic mass is 79.9. The van der Waals surface area contributed by atoms with Crippen LogP contribution < -0.4 is 10.1 Å². The third-order valence-corrected chi connectivity index (χ3v) is 6.97. The van der Waals surface area contributed by atoms with Gasteiger partial charge in [-0.2, -0.15) is 4.31 Å². The highest BCUT2D eigenvalue weighted by Crippen LogP contribution is 2.30. The van der Waals surface area contributed by atoms with Gasteiger partial charge in [-0.25, -0.2) is 12.8 Å². The van der Waals surface area contributed by atoms with E-state index in [9.17, 15) is 17.6 Å². The van der Waals surface area contributed by atoms with E-state index in [1.807, 2.05) is 6.07 Å². The van der Waals surface area contributed by atoms with Crippen LogP contribution >= 0.6 is 15.9 Å². The molecule has 9 heteroatoms. The normalized spacial score (nSPS) is 17.9. The van der Waals surface area contributed by atoms with E-state index in [1.165, 1.54) is 17.5 Å². The lowest BCUT2D eigenvalue weighted by Crippen LogP contribution is -2.43. The number of anilines is 1. The van der Waals surface area contributed by atoms with Gasteiger partial charge in [0, 0.05) is 23.2 Å². The lowest BCUT2D eigenvalue weighted by molar-refractivity contribution is -0.120. The Kier molecular flexibility index (Phi) is 6.36. The molecule has 1 heterocycles. The number of hydrogen-bond acceptors (Lipinski definition) is 4. The lowest BCUT2D eigenvalue weighted by Gasteiger charge is -2.31. The molecule has 6 nitrogen and oxygen atoms in total. The van der Waals surface area contributed by atoms with Gasteiger partial charge < -0.3 is 10.1 Å². The molecule has 28 heavy (non-hydrogen) atoms. The SMILES string of the molecule is COc1ccc(F)cc1S(=O)(=O)N1CCC[C@H](C(=O)Nc2cccc(Br)c2)C1. The first-order valence-electron chi connectivity index (χ1n) is 8.71. The maximum atomic E-state index is 13.7. The fourth-order valence-corrected chi connectivity index (χ4v) is 5.27. The molecule has 1 fully saturated rings. The Morgan fingerprint density at radius 1 is 1.29 bits per heavy atom. The Hall–Kier alpha value is -1.97. The summed E-state index contributed by atoms with van der Waals surface area (Å²) in [5, 5.41) is 2.82. The molecule has 1 saturated heterocycles. The zero-order valence-corrected chi connectivity index (χ0v) is 17.6. The van der Waals surface area contributed by atoms with Gasteiger partial charge in [-0.05, 0) is 49.2 Å². The highest BCUT2D eigenvalue weighted by molar-refractivity contribution is 9.10. The zero-order chi connectivity index (χ0) is 20.3. The minimum atomic E-state index is -3.99. The monoisotopic (exact) mass is 470 g/mol. The van der Waals surface area contributed by atoms with Crippen LogP contribution in [0, 0.1) is 11.7 Å². The summed E-state index contributed by atoms with van der Waals surface area (Å²) in [5.41, 5.74) is 0.631. The molecule has 0 radical (unpaired) electrons. The number of amides is 1. The Morgan fingerprint density at radius 3 is 2.79 bits per heavy atom. The number of hydrogen-bond donors (Lipinski definition) is 1. The fourth-order valence-electron chi connectivity index (χ4n) is 3.18. The molecular formula is C19H20BrFN2O4S. The molecule has 1 aliphatic heterocycles. The molecule has 150 valence electrons. The molecule has 3 rings (SSSR count). The van der Waals surface area contributed by atoms with Gasteiger partial charge in [0.2, 0.25) is 15.9 Å². The van der Waals surface area contributed by atoms with Gasteiger partial charge in [-0.15, -0.1) is 0 Å². The quantitative estimate of drug-likeness (QED) is 0.723. The number of ether oxygens (including phenoxy) is 1. The average molecular weight is 471 g/mol. The Balaban J connectivity index is 1.79. The van der Waals surface area contributed by atoms with Crippen molar-refractivity contribution >= 4 is 37.5 Å². The predicted octanol–water partition coefficient (Wildman–Crippen LogP) is 3.64. The Morgan fingerprint density at radius 2 is 2.07 bits per heavy atom. The number of halogens is 2. The van der Waals surface area contributed by atoms with Crippen molar-refractivity contribution in [1.82, 2.24) is 4.31 Å². The molecule has 1 atom stereocenters. The van der Waals surface area contributed by atoms with Gasteiger partial charge in [0.15, 0.2) is 0 Å². The number of benzene rings is 2. The van der Waals surface area contributed by atoms with E-state index in [1.54, 1.807) is 18.2 Å². The van der Waals surface area contributed by atoms with Crippen LogP contribution in [0.1, 0.15) is 12.8 Å². The fraction of sp³-hybridized carbons (Fsp3) is 0.316. The Labute approximate surface area is 171 Å². The molecular weight excluding hydrogens is 451 g/mol. The lowest BCUT2D eigenvalue weighted by atomic mass is 9.99. The minimum Gasteiger partial charge on any atom is -0.495 e. The second kappa shape index (κ2) is 8.59. The van der Waals surface area contributed by atoms with E-state index < -0.39 is 21.8 Å². The summed E-state index contributed by atoms with van der Waals surface area (Å²) < 4.78 is 46.9. The van der Waals surface area contributed by atoms with Crippen molar-refractivity contribution in [2.24, 2.45) is 5.92 Å². The standard InChI is InChI=1S/C19H20BrFN2O4S/c1-27-17-8-7-15(21)11-18(17)28(25,26)23-9-3-4-13(12-23)19(24)22-16-6-2-5-14(20)10-16/h2,5-8,10-11,13H,3-4,9,12H2,1H3,(H,22,24)/t13-/m0/s1. The van der Waals surface area contributed by atoms with Crippen LogP contribution in [0.2, 0.25) is 0 Å². The van der Waals surface area contributed by atoms with E-state index >= 15 is 0 Å². The summed E-state index contributed by atoms with van der Waals surface area (Å²) in [7, 11) is -2.66. The van der Waals surface area contributed by atoms with Gasteiger partial charge in [0.1, 0.15) is 16.5 Å². The molecule has 0 aliphatic carbocycles. The van der Waals surface area contributed by atoms with E-state index in [0.717, 1.165) is 16.6 Å². The van der Waals surface area contributed by atoms with Crippen molar-refractivity contribution in [3.63, 3.8) is 0 Å². The van der Waals surface area contributed by atoms with Crippen molar-refractivity contribution in [2.75, 3.05) is 25.5 Å². The predicted molar refractivity (Wildman–Crippen MR) is 107 cm³/mol. The van der Waals surface area contributed by atoms with E-state index in [4.69, 9.17) is 4.74 Å². The summed E-state index contributed by atoms with van der Waals surface area (Å²) in [4.78, 5) is 12.4. The van der Waals surface area contributed by atoms with Gasteiger partial charge in [0.25, 0.3) is 0 Å². The summed E-state index contributed by atoms with van der Waals surface area (Å²) in [6, 6.07) is 10.5. The van der Waals surface area contributed by atoms with Crippen molar-refractivity contribution < 1.29 is 22.3 Å². The first kappa shape index (κ1) is 20.8. The van der Waals surface area contributed by atoms with Crippen LogP contribution in [-0.2, 0) is 14.8 Å². The second-order valence-corrected chi connectivity index (χ2v) is 9.32. The van der Waals surface area contributed by atoms with Crippen molar-refractivity contribution in [3.8, 4) is 5.75 Å². The van der Waals surface area contributed by atoms with Crippen molar-refractivity contribution in [2.45, 2.75) is 17.7 Å². The number of carbonyl (C=O) groups excluding carboxylic acids is 1. The summed E-state index contributed by atoms with van der Waals surface area (Å²) in [5.74, 6) is -1.34. The maximum Gasteiger partial charge on any atom is 0.246 e. The average Bonchev–Trinajstić information content (AvgIpc) is 2.68. The highest BCUT2D eigenvalue weighted by Gasteiger charge is 2.35. The van der Waals surface area contributed by atoms with Gasteiger partial charge >= 0.3 is 0 Å². The molecule has 1 aliphatic rings. The largest absolute Gasteiger partial charge is 0.495 e. The first-order valence-corrected chi connectivity index (χ1v) is 10.9. The molecule has 0 aromatic heterocycles. The van der Waals surface area contributed by atoms with Gasteiger partial charge in [-0.3, -0.25) is 4.79 Å². The summed E-state index contributed by atoms with van der Waals surface area (Å²) >= 11 is 3.35. The van der Waals surface area contributed by atoms with E-state index in [0.29, 0.717) is 18.5 Å². The van der Waals surface area contributed by atoms with Crippen LogP contribution in [0.4, 0.5) is 10.1 Å². The zero-order valence-electron chi connectivity index (χ0n) is 15.2. The third-order valence-electron chi connectivity index (χ3n) is 4.59. The summed E-state index contributed by atoms with van der Waals surface area (Å²) in [6.45, 7) is 0.296. The Bertz CT molecular complexity index is 984. The second-order valence-electron chi connectivity index (χ2n) is 6.50. The molecule has 1 N–H and O–H groups in total. The van der Waals surface area contributed by atoms with Gasteiger partial charge in [-0.1, -0.05) is 22.0 Å². The molecule has 0 unspecified atom stereocenters. The van der Waals surface area contributed by atoms with Crippen LogP contribution in [0.25, 0.3) is 0 Å². The smallest absolute Gasteiger partial charge is 0.246 e.